The molecule has 0 unspecified atom stereocenters. The summed E-state index contributed by atoms with van der Waals surface area (Å²) in [7, 11) is 0. The van der Waals surface area contributed by atoms with Crippen LogP contribution < -0.4 is 0 Å². The average molecular weight is 291 g/mol. The molecule has 74 valence electrons. The molecule has 0 saturated carbocycles. The molecule has 3 heteroatoms. The molecule has 0 aliphatic rings. The Morgan fingerprint density at radius 1 is 0.667 bits per heavy atom. The average Bonchev–Trinajstić information content (AvgIpc) is 2.56. The first-order valence-electron chi connectivity index (χ1n) is 4.31. The Morgan fingerprint density at radius 2 is 1.07 bits per heavy atom. The van der Waals surface area contributed by atoms with Gasteiger partial charge in [-0.2, -0.15) is 0 Å². The van der Waals surface area contributed by atoms with E-state index in [1.54, 1.807) is 0 Å². The Kier molecular flexibility index (Phi) is 4.58. The van der Waals surface area contributed by atoms with Gasteiger partial charge in [-0.25, -0.2) is 0 Å². The molecule has 15 heavy (non-hydrogen) atoms. The lowest BCUT2D eigenvalue weighted by molar-refractivity contribution is 1.84. The number of benzene rings is 2. The number of hydrogen-bond acceptors (Lipinski definition) is 1. The topological polar surface area (TPSA) is 0 Å². The van der Waals surface area contributed by atoms with E-state index in [0.717, 1.165) is 0 Å². The standard InChI is InChI=1S/C12H8S.BrH.Mg.2H/c1-3-7-11-9(5-1)10-6-2-4-8-12(10)13-11;;;;/h1-8H;1H;;;. The second-order valence-electron chi connectivity index (χ2n) is 3.09. The van der Waals surface area contributed by atoms with Gasteiger partial charge in [-0.05, 0) is 12.1 Å². The van der Waals surface area contributed by atoms with E-state index >= 15 is 0 Å². The highest BCUT2D eigenvalue weighted by Gasteiger charge is 2.01. The molecule has 3 rings (SSSR count). The van der Waals surface area contributed by atoms with Crippen molar-refractivity contribution in [2.45, 2.75) is 0 Å². The first kappa shape index (κ1) is 13.0. The third-order valence-electron chi connectivity index (χ3n) is 2.28. The van der Waals surface area contributed by atoms with Gasteiger partial charge in [0.05, 0.1) is 0 Å². The molecule has 1 aromatic heterocycles. The maximum atomic E-state index is 2.19. The Hall–Kier alpha value is -0.0938. The van der Waals surface area contributed by atoms with Crippen molar-refractivity contribution in [1.82, 2.24) is 0 Å². The molecule has 0 amide bonds. The van der Waals surface area contributed by atoms with Gasteiger partial charge in [0.2, 0.25) is 0 Å². The lowest BCUT2D eigenvalue weighted by atomic mass is 10.2. The van der Waals surface area contributed by atoms with Crippen LogP contribution >= 0.6 is 28.3 Å². The van der Waals surface area contributed by atoms with Crippen LogP contribution in [-0.2, 0) is 0 Å². The zero-order chi connectivity index (χ0) is 8.67. The smallest absolute Gasteiger partial charge is 0.135 e. The van der Waals surface area contributed by atoms with Crippen LogP contribution in [0, 0.1) is 0 Å². The molecule has 0 radical (unpaired) electrons. The second kappa shape index (κ2) is 5.30. The highest BCUT2D eigenvalue weighted by molar-refractivity contribution is 8.93. The van der Waals surface area contributed by atoms with Crippen molar-refractivity contribution in [2.24, 2.45) is 0 Å². The van der Waals surface area contributed by atoms with Gasteiger partial charge >= 0.3 is 23.1 Å². The third-order valence-corrected chi connectivity index (χ3v) is 3.44. The van der Waals surface area contributed by atoms with Crippen molar-refractivity contribution in [2.75, 3.05) is 0 Å². The number of thiophene rings is 1. The van der Waals surface area contributed by atoms with E-state index < -0.39 is 0 Å². The molecular formula is C12H11BrMgS. The Labute approximate surface area is 119 Å². The molecule has 2 aromatic carbocycles. The summed E-state index contributed by atoms with van der Waals surface area (Å²) in [6.45, 7) is 0. The SMILES string of the molecule is Br.[MgH2].c1ccc2c(c1)sc1ccccc12. The Balaban J connectivity index is 0.000000562. The van der Waals surface area contributed by atoms with Crippen LogP contribution in [0.5, 0.6) is 0 Å². The number of rotatable bonds is 0. The first-order chi connectivity index (χ1) is 6.45. The van der Waals surface area contributed by atoms with Gasteiger partial charge in [-0.3, -0.25) is 0 Å². The largest absolute Gasteiger partial charge is 0.316 e. The van der Waals surface area contributed by atoms with Crippen molar-refractivity contribution in [1.29, 1.82) is 0 Å². The van der Waals surface area contributed by atoms with E-state index in [-0.39, 0.29) is 40.0 Å². The highest BCUT2D eigenvalue weighted by Crippen LogP contribution is 2.32. The molecule has 0 saturated heterocycles. The summed E-state index contributed by atoms with van der Waals surface area (Å²) in [5.41, 5.74) is 0. The molecule has 1 heterocycles. The number of fused-ring (bicyclic) bond motifs is 3. The van der Waals surface area contributed by atoms with Gasteiger partial charge in [0, 0.05) is 20.2 Å². The third kappa shape index (κ3) is 2.20. The van der Waals surface area contributed by atoms with Gasteiger partial charge in [-0.1, -0.05) is 36.4 Å². The van der Waals surface area contributed by atoms with Gasteiger partial charge in [0.1, 0.15) is 0 Å². The number of halogens is 1. The van der Waals surface area contributed by atoms with Gasteiger partial charge in [0.15, 0.2) is 0 Å². The minimum atomic E-state index is 0. The first-order valence-corrected chi connectivity index (χ1v) is 5.13. The normalized spacial score (nSPS) is 9.60. The fourth-order valence-electron chi connectivity index (χ4n) is 1.67. The summed E-state index contributed by atoms with van der Waals surface area (Å²) >= 11 is 1.86. The van der Waals surface area contributed by atoms with E-state index in [4.69, 9.17) is 0 Å². The summed E-state index contributed by atoms with van der Waals surface area (Å²) in [4.78, 5) is 0. The van der Waals surface area contributed by atoms with Crippen molar-refractivity contribution in [3.63, 3.8) is 0 Å². The second-order valence-corrected chi connectivity index (χ2v) is 4.18. The minimum absolute atomic E-state index is 0. The number of hydrogen-bond donors (Lipinski definition) is 0. The highest BCUT2D eigenvalue weighted by atomic mass is 79.9. The fraction of sp³-hybridized carbons (Fsp3) is 0. The van der Waals surface area contributed by atoms with E-state index in [2.05, 4.69) is 48.5 Å². The summed E-state index contributed by atoms with van der Waals surface area (Å²) in [6, 6.07) is 17.1. The molecule has 3 aromatic rings. The molecule has 0 spiro atoms. The van der Waals surface area contributed by atoms with Crippen LogP contribution in [0.2, 0.25) is 0 Å². The quantitative estimate of drug-likeness (QED) is 0.554. The maximum absolute atomic E-state index is 2.19. The zero-order valence-corrected chi connectivity index (χ0v) is 9.96. The monoisotopic (exact) mass is 290 g/mol. The van der Waals surface area contributed by atoms with Crippen molar-refractivity contribution < 1.29 is 0 Å². The van der Waals surface area contributed by atoms with Crippen LogP contribution in [0.15, 0.2) is 48.5 Å². The molecule has 0 atom stereocenters. The zero-order valence-electron chi connectivity index (χ0n) is 7.44. The van der Waals surface area contributed by atoms with Gasteiger partial charge in [-0.15, -0.1) is 28.3 Å². The van der Waals surface area contributed by atoms with Crippen LogP contribution in [-0.4, -0.2) is 23.1 Å². The molecule has 0 nitrogen and oxygen atoms in total. The summed E-state index contributed by atoms with van der Waals surface area (Å²) in [5, 5.41) is 2.76. The minimum Gasteiger partial charge on any atom is -0.135 e. The summed E-state index contributed by atoms with van der Waals surface area (Å²) in [5.74, 6) is 0. The Bertz CT molecular complexity index is 523. The van der Waals surface area contributed by atoms with E-state index in [1.165, 1.54) is 20.2 Å². The van der Waals surface area contributed by atoms with Gasteiger partial charge < -0.3 is 0 Å². The predicted molar refractivity (Wildman–Crippen MR) is 78.2 cm³/mol. The molecule has 0 bridgehead atoms. The molecule has 0 N–H and O–H groups in total. The summed E-state index contributed by atoms with van der Waals surface area (Å²) < 4.78 is 2.76. The molecular weight excluding hydrogens is 280 g/mol. The summed E-state index contributed by atoms with van der Waals surface area (Å²) in [6.07, 6.45) is 0. The Morgan fingerprint density at radius 3 is 1.53 bits per heavy atom. The van der Waals surface area contributed by atoms with Crippen LogP contribution in [0.1, 0.15) is 0 Å². The lowest BCUT2D eigenvalue weighted by Crippen LogP contribution is -1.62. The predicted octanol–water partition coefficient (Wildman–Crippen LogP) is 3.72. The van der Waals surface area contributed by atoms with Crippen molar-refractivity contribution in [3.05, 3.63) is 48.5 Å². The lowest BCUT2D eigenvalue weighted by Gasteiger charge is -1.88. The van der Waals surface area contributed by atoms with Crippen LogP contribution in [0.4, 0.5) is 0 Å². The van der Waals surface area contributed by atoms with E-state index in [0.29, 0.717) is 0 Å². The fourth-order valence-corrected chi connectivity index (χ4v) is 2.78. The molecule has 0 fully saturated rings. The van der Waals surface area contributed by atoms with Crippen molar-refractivity contribution in [3.8, 4) is 0 Å². The molecule has 0 aliphatic carbocycles. The van der Waals surface area contributed by atoms with Crippen LogP contribution in [0.25, 0.3) is 20.2 Å². The van der Waals surface area contributed by atoms with Crippen LogP contribution in [0.3, 0.4) is 0 Å². The molecule has 0 aliphatic heterocycles. The van der Waals surface area contributed by atoms with E-state index in [9.17, 15) is 0 Å². The van der Waals surface area contributed by atoms with Crippen molar-refractivity contribution >= 4 is 71.5 Å². The maximum Gasteiger partial charge on any atom is 0.316 e. The van der Waals surface area contributed by atoms with Gasteiger partial charge in [0.25, 0.3) is 0 Å². The van der Waals surface area contributed by atoms with E-state index in [1.807, 2.05) is 11.3 Å².